The maximum atomic E-state index is 12.1. The molecule has 5 nitrogen and oxygen atoms in total. The SMILES string of the molecule is C=CCON1C[C@H](C(C)(C)C)C(=C=O)[C@@]1(Cc1ccncc1)O[SiH](C)C. The van der Waals surface area contributed by atoms with Crippen LogP contribution in [0.15, 0.2) is 42.8 Å². The highest BCUT2D eigenvalue weighted by atomic mass is 28.3. The average Bonchev–Trinajstić information content (AvgIpc) is 2.86. The molecule has 1 fully saturated rings. The van der Waals surface area contributed by atoms with E-state index in [2.05, 4.69) is 51.4 Å². The molecule has 1 aliphatic heterocycles. The molecule has 1 aromatic rings. The van der Waals surface area contributed by atoms with E-state index in [0.29, 0.717) is 25.1 Å². The Morgan fingerprint density at radius 2 is 2.08 bits per heavy atom. The zero-order valence-corrected chi connectivity index (χ0v) is 17.6. The molecule has 0 radical (unpaired) electrons. The number of hydrogen-bond donors (Lipinski definition) is 0. The second-order valence-electron chi connectivity index (χ2n) is 8.06. The van der Waals surface area contributed by atoms with Gasteiger partial charge in [-0.2, -0.15) is 5.06 Å². The number of pyridine rings is 1. The molecular formula is C20H30N2O3Si. The smallest absolute Gasteiger partial charge is 0.174 e. The first-order chi connectivity index (χ1) is 12.2. The van der Waals surface area contributed by atoms with Crippen molar-refractivity contribution < 1.29 is 14.1 Å². The number of hydrogen-bond acceptors (Lipinski definition) is 5. The lowest BCUT2D eigenvalue weighted by Gasteiger charge is -2.39. The summed E-state index contributed by atoms with van der Waals surface area (Å²) in [5, 5.41) is 1.85. The molecular weight excluding hydrogens is 344 g/mol. The van der Waals surface area contributed by atoms with Crippen LogP contribution in [0.25, 0.3) is 0 Å². The van der Waals surface area contributed by atoms with Gasteiger partial charge >= 0.3 is 0 Å². The van der Waals surface area contributed by atoms with Gasteiger partial charge in [0.25, 0.3) is 0 Å². The minimum Gasteiger partial charge on any atom is -0.397 e. The summed E-state index contributed by atoms with van der Waals surface area (Å²) >= 11 is 0. The summed E-state index contributed by atoms with van der Waals surface area (Å²) in [6, 6.07) is 3.90. The van der Waals surface area contributed by atoms with Crippen LogP contribution in [-0.2, 0) is 20.5 Å². The van der Waals surface area contributed by atoms with Crippen LogP contribution in [0.5, 0.6) is 0 Å². The fourth-order valence-corrected chi connectivity index (χ4v) is 4.59. The molecule has 0 unspecified atom stereocenters. The molecule has 142 valence electrons. The minimum absolute atomic E-state index is 0.000553. The van der Waals surface area contributed by atoms with Gasteiger partial charge in [0, 0.05) is 31.3 Å². The molecule has 0 saturated carbocycles. The number of rotatable bonds is 7. The molecule has 0 N–H and O–H groups in total. The molecule has 1 saturated heterocycles. The summed E-state index contributed by atoms with van der Waals surface area (Å²) in [7, 11) is -1.50. The van der Waals surface area contributed by atoms with Crippen LogP contribution < -0.4 is 0 Å². The number of hydroxylamine groups is 2. The van der Waals surface area contributed by atoms with E-state index in [1.165, 1.54) is 0 Å². The Bertz CT molecular complexity index is 665. The lowest BCUT2D eigenvalue weighted by molar-refractivity contribution is -0.247. The highest BCUT2D eigenvalue weighted by Gasteiger charge is 2.56. The Labute approximate surface area is 158 Å². The van der Waals surface area contributed by atoms with Gasteiger partial charge < -0.3 is 4.43 Å². The van der Waals surface area contributed by atoms with Crippen molar-refractivity contribution >= 4 is 15.0 Å². The minimum atomic E-state index is -1.50. The fraction of sp³-hybridized carbons (Fsp3) is 0.550. The average molecular weight is 375 g/mol. The summed E-state index contributed by atoms with van der Waals surface area (Å²) in [5.41, 5.74) is 0.658. The molecule has 0 bridgehead atoms. The van der Waals surface area contributed by atoms with E-state index >= 15 is 0 Å². The van der Waals surface area contributed by atoms with E-state index < -0.39 is 14.8 Å². The van der Waals surface area contributed by atoms with Gasteiger partial charge in [-0.25, -0.2) is 4.79 Å². The fourth-order valence-electron chi connectivity index (χ4n) is 3.48. The van der Waals surface area contributed by atoms with Gasteiger partial charge in [0.05, 0.1) is 12.2 Å². The van der Waals surface area contributed by atoms with E-state index in [9.17, 15) is 4.79 Å². The van der Waals surface area contributed by atoms with Gasteiger partial charge in [0.15, 0.2) is 14.8 Å². The van der Waals surface area contributed by atoms with Crippen molar-refractivity contribution in [3.8, 4) is 0 Å². The third-order valence-corrected chi connectivity index (χ3v) is 5.51. The monoisotopic (exact) mass is 374 g/mol. The Hall–Kier alpha value is -1.56. The molecule has 2 heterocycles. The molecule has 0 aromatic carbocycles. The maximum absolute atomic E-state index is 12.1. The van der Waals surface area contributed by atoms with Crippen molar-refractivity contribution in [1.29, 1.82) is 0 Å². The van der Waals surface area contributed by atoms with Gasteiger partial charge in [-0.1, -0.05) is 26.8 Å². The predicted molar refractivity (Wildman–Crippen MR) is 106 cm³/mol. The van der Waals surface area contributed by atoms with Gasteiger partial charge in [-0.05, 0) is 36.2 Å². The Morgan fingerprint density at radius 3 is 2.58 bits per heavy atom. The van der Waals surface area contributed by atoms with Crippen molar-refractivity contribution in [2.45, 2.75) is 46.0 Å². The van der Waals surface area contributed by atoms with Crippen LogP contribution in [0.4, 0.5) is 0 Å². The summed E-state index contributed by atoms with van der Waals surface area (Å²) in [5.74, 6) is 2.24. The van der Waals surface area contributed by atoms with E-state index in [0.717, 1.165) is 5.56 Å². The summed E-state index contributed by atoms with van der Waals surface area (Å²) in [6.07, 6.45) is 5.74. The number of carbonyl (C=O) groups excluding carboxylic acids is 1. The third-order valence-electron chi connectivity index (χ3n) is 4.65. The zero-order valence-electron chi connectivity index (χ0n) is 16.5. The predicted octanol–water partition coefficient (Wildman–Crippen LogP) is 3.17. The lowest BCUT2D eigenvalue weighted by Crippen LogP contribution is -2.51. The molecule has 0 spiro atoms. The Kier molecular flexibility index (Phi) is 6.72. The Balaban J connectivity index is 2.56. The van der Waals surface area contributed by atoms with Gasteiger partial charge in [-0.15, -0.1) is 6.58 Å². The van der Waals surface area contributed by atoms with Crippen LogP contribution in [0, 0.1) is 11.3 Å². The molecule has 1 aromatic heterocycles. The zero-order chi connectivity index (χ0) is 19.4. The molecule has 6 heteroatoms. The second kappa shape index (κ2) is 8.42. The van der Waals surface area contributed by atoms with Crippen LogP contribution >= 0.6 is 0 Å². The third kappa shape index (κ3) is 4.39. The van der Waals surface area contributed by atoms with E-state index in [-0.39, 0.29) is 11.3 Å². The molecule has 1 aliphatic rings. The molecule has 2 rings (SSSR count). The lowest BCUT2D eigenvalue weighted by atomic mass is 9.75. The molecule has 0 aliphatic carbocycles. The van der Waals surface area contributed by atoms with Crippen LogP contribution in [0.3, 0.4) is 0 Å². The highest BCUT2D eigenvalue weighted by molar-refractivity contribution is 6.48. The van der Waals surface area contributed by atoms with Crippen molar-refractivity contribution in [1.82, 2.24) is 10.0 Å². The quantitative estimate of drug-likeness (QED) is 0.417. The highest BCUT2D eigenvalue weighted by Crippen LogP contribution is 2.47. The van der Waals surface area contributed by atoms with Gasteiger partial charge in [-0.3, -0.25) is 9.82 Å². The Morgan fingerprint density at radius 1 is 1.42 bits per heavy atom. The van der Waals surface area contributed by atoms with E-state index in [1.807, 2.05) is 17.2 Å². The first kappa shape index (κ1) is 20.7. The topological polar surface area (TPSA) is 51.7 Å². The second-order valence-corrected chi connectivity index (χ2v) is 10.4. The van der Waals surface area contributed by atoms with Gasteiger partial charge in [0.2, 0.25) is 0 Å². The first-order valence-electron chi connectivity index (χ1n) is 9.08. The van der Waals surface area contributed by atoms with Crippen molar-refractivity contribution in [3.63, 3.8) is 0 Å². The van der Waals surface area contributed by atoms with Crippen LogP contribution in [0.1, 0.15) is 26.3 Å². The number of aromatic nitrogens is 1. The van der Waals surface area contributed by atoms with E-state index in [1.54, 1.807) is 18.5 Å². The molecule has 0 amide bonds. The normalized spacial score (nSPS) is 24.1. The molecule has 26 heavy (non-hydrogen) atoms. The van der Waals surface area contributed by atoms with E-state index in [4.69, 9.17) is 9.26 Å². The largest absolute Gasteiger partial charge is 0.397 e. The summed E-state index contributed by atoms with van der Waals surface area (Å²) < 4.78 is 6.53. The van der Waals surface area contributed by atoms with Crippen molar-refractivity contribution in [3.05, 3.63) is 48.3 Å². The standard InChI is InChI=1S/C20H30N2O3Si/c1-7-12-24-22-14-17(19(2,3)4)18(15-23)20(22,25-26(5)6)13-16-8-10-21-11-9-16/h7-11,17,26H,1,12-14H2,2-6H3/t17-,20+/m0/s1. The van der Waals surface area contributed by atoms with Gasteiger partial charge in [0.1, 0.15) is 5.94 Å². The number of nitrogens with zero attached hydrogens (tertiary/aromatic N) is 2. The van der Waals surface area contributed by atoms with Crippen molar-refractivity contribution in [2.75, 3.05) is 13.2 Å². The summed E-state index contributed by atoms with van der Waals surface area (Å²) in [6.45, 7) is 15.3. The first-order valence-corrected chi connectivity index (χ1v) is 11.9. The van der Waals surface area contributed by atoms with Crippen LogP contribution in [0.2, 0.25) is 13.1 Å². The maximum Gasteiger partial charge on any atom is 0.174 e. The van der Waals surface area contributed by atoms with Crippen molar-refractivity contribution in [2.24, 2.45) is 11.3 Å². The van der Waals surface area contributed by atoms with Crippen LogP contribution in [-0.4, -0.2) is 43.9 Å². The summed E-state index contributed by atoms with van der Waals surface area (Å²) in [4.78, 5) is 22.2. The molecule has 2 atom stereocenters.